The van der Waals surface area contributed by atoms with Crippen LogP contribution in [0.25, 0.3) is 0 Å². The SMILES string of the molecule is CCCNc1cc(SC)nc(SCc2ccccc2)n1. The summed E-state index contributed by atoms with van der Waals surface area (Å²) in [6, 6.07) is 12.4. The van der Waals surface area contributed by atoms with Gasteiger partial charge in [0, 0.05) is 18.4 Å². The second-order valence-electron chi connectivity index (χ2n) is 4.28. The standard InChI is InChI=1S/C15H19N3S2/c1-3-9-16-13-10-14(19-2)18-15(17-13)20-11-12-7-5-4-6-8-12/h4-8,10H,3,9,11H2,1-2H3,(H,16,17,18). The molecule has 0 bridgehead atoms. The van der Waals surface area contributed by atoms with Gasteiger partial charge in [0.1, 0.15) is 10.8 Å². The minimum absolute atomic E-state index is 0.833. The summed E-state index contributed by atoms with van der Waals surface area (Å²) in [7, 11) is 0. The maximum atomic E-state index is 4.56. The molecule has 5 heteroatoms. The van der Waals surface area contributed by atoms with E-state index in [9.17, 15) is 0 Å². The Bertz CT molecular complexity index is 532. The molecular weight excluding hydrogens is 286 g/mol. The summed E-state index contributed by atoms with van der Waals surface area (Å²) in [5.41, 5.74) is 1.29. The van der Waals surface area contributed by atoms with Crippen molar-refractivity contribution in [3.05, 3.63) is 42.0 Å². The van der Waals surface area contributed by atoms with E-state index in [4.69, 9.17) is 0 Å². The van der Waals surface area contributed by atoms with Crippen molar-refractivity contribution >= 4 is 29.3 Å². The van der Waals surface area contributed by atoms with Crippen LogP contribution >= 0.6 is 23.5 Å². The van der Waals surface area contributed by atoms with Crippen LogP contribution in [-0.4, -0.2) is 22.8 Å². The molecule has 0 atom stereocenters. The van der Waals surface area contributed by atoms with Crippen LogP contribution in [0.3, 0.4) is 0 Å². The zero-order valence-electron chi connectivity index (χ0n) is 11.8. The van der Waals surface area contributed by atoms with E-state index < -0.39 is 0 Å². The molecule has 1 aromatic carbocycles. The summed E-state index contributed by atoms with van der Waals surface area (Å²) in [4.78, 5) is 9.11. The average molecular weight is 305 g/mol. The van der Waals surface area contributed by atoms with E-state index in [1.165, 1.54) is 5.56 Å². The second kappa shape index (κ2) is 8.17. The topological polar surface area (TPSA) is 37.8 Å². The maximum Gasteiger partial charge on any atom is 0.190 e. The molecular formula is C15H19N3S2. The zero-order valence-corrected chi connectivity index (χ0v) is 13.4. The molecule has 3 nitrogen and oxygen atoms in total. The van der Waals surface area contributed by atoms with Crippen LogP contribution in [0.5, 0.6) is 0 Å². The fourth-order valence-electron chi connectivity index (χ4n) is 1.64. The summed E-state index contributed by atoms with van der Waals surface area (Å²) in [6.45, 7) is 3.09. The van der Waals surface area contributed by atoms with Crippen molar-refractivity contribution in [1.82, 2.24) is 9.97 Å². The minimum atomic E-state index is 0.833. The average Bonchev–Trinajstić information content (AvgIpc) is 2.51. The molecule has 0 radical (unpaired) electrons. The third-order valence-corrected chi connectivity index (χ3v) is 4.20. The molecule has 20 heavy (non-hydrogen) atoms. The lowest BCUT2D eigenvalue weighted by molar-refractivity contribution is 0.877. The van der Waals surface area contributed by atoms with E-state index >= 15 is 0 Å². The lowest BCUT2D eigenvalue weighted by Gasteiger charge is -2.08. The Morgan fingerprint density at radius 3 is 2.65 bits per heavy atom. The molecule has 0 saturated heterocycles. The van der Waals surface area contributed by atoms with Gasteiger partial charge in [0.2, 0.25) is 0 Å². The van der Waals surface area contributed by atoms with Crippen LogP contribution in [0, 0.1) is 0 Å². The molecule has 0 aliphatic carbocycles. The molecule has 0 aliphatic heterocycles. The number of hydrogen-bond donors (Lipinski definition) is 1. The largest absolute Gasteiger partial charge is 0.370 e. The first-order valence-electron chi connectivity index (χ1n) is 6.65. The van der Waals surface area contributed by atoms with Crippen molar-refractivity contribution in [1.29, 1.82) is 0 Å². The van der Waals surface area contributed by atoms with Gasteiger partial charge in [0.05, 0.1) is 0 Å². The predicted octanol–water partition coefficient (Wildman–Crippen LogP) is 4.31. The summed E-state index contributed by atoms with van der Waals surface area (Å²) < 4.78 is 0. The van der Waals surface area contributed by atoms with Gasteiger partial charge in [-0.1, -0.05) is 49.0 Å². The highest BCUT2D eigenvalue weighted by molar-refractivity contribution is 7.99. The Balaban J connectivity index is 2.06. The van der Waals surface area contributed by atoms with Crippen LogP contribution < -0.4 is 5.32 Å². The fourth-order valence-corrected chi connectivity index (χ4v) is 2.92. The monoisotopic (exact) mass is 305 g/mol. The number of thioether (sulfide) groups is 2. The highest BCUT2D eigenvalue weighted by Crippen LogP contribution is 2.24. The highest BCUT2D eigenvalue weighted by Gasteiger charge is 2.05. The Morgan fingerprint density at radius 1 is 1.15 bits per heavy atom. The number of aromatic nitrogens is 2. The lowest BCUT2D eigenvalue weighted by atomic mass is 10.2. The molecule has 0 saturated carbocycles. The van der Waals surface area contributed by atoms with Gasteiger partial charge in [-0.05, 0) is 18.2 Å². The van der Waals surface area contributed by atoms with E-state index in [0.29, 0.717) is 0 Å². The molecule has 2 rings (SSSR count). The summed E-state index contributed by atoms with van der Waals surface area (Å²) >= 11 is 3.32. The van der Waals surface area contributed by atoms with Crippen molar-refractivity contribution in [2.24, 2.45) is 0 Å². The molecule has 106 valence electrons. The summed E-state index contributed by atoms with van der Waals surface area (Å²) in [5, 5.41) is 5.17. The number of nitrogens with zero attached hydrogens (tertiary/aromatic N) is 2. The van der Waals surface area contributed by atoms with Gasteiger partial charge in [-0.3, -0.25) is 0 Å². The predicted molar refractivity (Wildman–Crippen MR) is 88.6 cm³/mol. The third kappa shape index (κ3) is 4.72. The van der Waals surface area contributed by atoms with Gasteiger partial charge in [-0.2, -0.15) is 0 Å². The highest BCUT2D eigenvalue weighted by atomic mass is 32.2. The Kier molecular flexibility index (Phi) is 6.21. The Hall–Kier alpha value is -1.20. The lowest BCUT2D eigenvalue weighted by Crippen LogP contribution is -2.03. The zero-order chi connectivity index (χ0) is 14.2. The quantitative estimate of drug-likeness (QED) is 0.468. The molecule has 0 unspecified atom stereocenters. The van der Waals surface area contributed by atoms with Crippen molar-refractivity contribution in [2.45, 2.75) is 29.3 Å². The number of rotatable bonds is 7. The van der Waals surface area contributed by atoms with Gasteiger partial charge in [-0.15, -0.1) is 11.8 Å². The molecule has 0 aliphatic rings. The third-order valence-electron chi connectivity index (χ3n) is 2.66. The van der Waals surface area contributed by atoms with E-state index in [1.54, 1.807) is 23.5 Å². The van der Waals surface area contributed by atoms with Crippen LogP contribution in [0.15, 0.2) is 46.6 Å². The van der Waals surface area contributed by atoms with Crippen molar-refractivity contribution in [3.63, 3.8) is 0 Å². The fraction of sp³-hybridized carbons (Fsp3) is 0.333. The van der Waals surface area contributed by atoms with Crippen LogP contribution in [0.1, 0.15) is 18.9 Å². The van der Waals surface area contributed by atoms with Gasteiger partial charge in [-0.25, -0.2) is 9.97 Å². The molecule has 2 aromatic rings. The summed E-state index contributed by atoms with van der Waals surface area (Å²) in [5.74, 6) is 1.81. The van der Waals surface area contributed by atoms with E-state index in [1.807, 2.05) is 18.4 Å². The van der Waals surface area contributed by atoms with Gasteiger partial charge in [0.15, 0.2) is 5.16 Å². The smallest absolute Gasteiger partial charge is 0.190 e. The number of hydrogen-bond acceptors (Lipinski definition) is 5. The van der Waals surface area contributed by atoms with E-state index in [0.717, 1.165) is 34.7 Å². The Morgan fingerprint density at radius 2 is 1.95 bits per heavy atom. The molecule has 1 aromatic heterocycles. The second-order valence-corrected chi connectivity index (χ2v) is 6.05. The van der Waals surface area contributed by atoms with Crippen LogP contribution in [0.4, 0.5) is 5.82 Å². The van der Waals surface area contributed by atoms with Gasteiger partial charge >= 0.3 is 0 Å². The van der Waals surface area contributed by atoms with E-state index in [-0.39, 0.29) is 0 Å². The van der Waals surface area contributed by atoms with Crippen molar-refractivity contribution in [2.75, 3.05) is 18.1 Å². The number of benzene rings is 1. The first kappa shape index (κ1) is 15.2. The number of nitrogens with one attached hydrogen (secondary N) is 1. The van der Waals surface area contributed by atoms with Crippen LogP contribution in [0.2, 0.25) is 0 Å². The van der Waals surface area contributed by atoms with Gasteiger partial charge in [0.25, 0.3) is 0 Å². The van der Waals surface area contributed by atoms with Crippen molar-refractivity contribution < 1.29 is 0 Å². The van der Waals surface area contributed by atoms with Gasteiger partial charge < -0.3 is 5.32 Å². The first-order valence-corrected chi connectivity index (χ1v) is 8.86. The molecule has 0 fully saturated rings. The normalized spacial score (nSPS) is 10.5. The Labute approximate surface area is 129 Å². The molecule has 0 amide bonds. The maximum absolute atomic E-state index is 4.56. The first-order chi connectivity index (χ1) is 9.81. The van der Waals surface area contributed by atoms with Crippen LogP contribution in [-0.2, 0) is 5.75 Å². The van der Waals surface area contributed by atoms with Crippen molar-refractivity contribution in [3.8, 4) is 0 Å². The molecule has 1 N–H and O–H groups in total. The molecule has 0 spiro atoms. The molecule has 1 heterocycles. The summed E-state index contributed by atoms with van der Waals surface area (Å²) in [6.07, 6.45) is 3.13. The van der Waals surface area contributed by atoms with E-state index in [2.05, 4.69) is 46.5 Å². The minimum Gasteiger partial charge on any atom is -0.370 e. The number of anilines is 1.